The van der Waals surface area contributed by atoms with Gasteiger partial charge in [-0.1, -0.05) is 36.8 Å². The molecule has 0 unspecified atom stereocenters. The van der Waals surface area contributed by atoms with Crippen molar-refractivity contribution in [3.8, 4) is 0 Å². The zero-order valence-electron chi connectivity index (χ0n) is 18.9. The highest BCUT2D eigenvalue weighted by Gasteiger charge is 2.38. The zero-order valence-corrected chi connectivity index (χ0v) is 19.7. The van der Waals surface area contributed by atoms with E-state index in [4.69, 9.17) is 10.5 Å². The van der Waals surface area contributed by atoms with Gasteiger partial charge in [0.25, 0.3) is 0 Å². The summed E-state index contributed by atoms with van der Waals surface area (Å²) < 4.78 is 5.11. The molecule has 2 aromatic rings. The third kappa shape index (κ3) is 6.78. The maximum Gasteiger partial charge on any atom is 0.507 e. The summed E-state index contributed by atoms with van der Waals surface area (Å²) in [6.45, 7) is 0.755. The summed E-state index contributed by atoms with van der Waals surface area (Å²) in [5.74, 6) is -1.41. The normalized spacial score (nSPS) is 17.0. The second kappa shape index (κ2) is 12.5. The van der Waals surface area contributed by atoms with Crippen LogP contribution in [0, 0.1) is 0 Å². The number of amides is 1. The first-order valence-electron chi connectivity index (χ1n) is 11.4. The quantitative estimate of drug-likeness (QED) is 0.263. The topological polar surface area (TPSA) is 142 Å². The predicted molar refractivity (Wildman–Crippen MR) is 128 cm³/mol. The Balaban J connectivity index is 1.78. The first kappa shape index (κ1) is 25.7. The van der Waals surface area contributed by atoms with E-state index >= 15 is 0 Å². The van der Waals surface area contributed by atoms with Crippen LogP contribution in [0.4, 0.5) is 4.79 Å². The molecule has 5 N–H and O–H groups in total. The van der Waals surface area contributed by atoms with Crippen molar-refractivity contribution in [3.63, 3.8) is 0 Å². The number of nitrogens with one attached hydrogen (secondary N) is 1. The molecule has 1 aromatic carbocycles. The maximum absolute atomic E-state index is 13.6. The predicted octanol–water partition coefficient (Wildman–Crippen LogP) is 3.00. The lowest BCUT2D eigenvalue weighted by molar-refractivity contribution is -0.148. The lowest BCUT2D eigenvalue weighted by atomic mass is 10.0. The Morgan fingerprint density at radius 2 is 1.88 bits per heavy atom. The van der Waals surface area contributed by atoms with Crippen LogP contribution in [0.25, 0.3) is 0 Å². The average Bonchev–Trinajstić information content (AvgIpc) is 3.30. The van der Waals surface area contributed by atoms with Crippen LogP contribution in [0.3, 0.4) is 0 Å². The number of fused-ring (bicyclic) bond motifs is 1. The van der Waals surface area contributed by atoms with E-state index < -0.39 is 30.4 Å². The number of carboxylic acid groups (broad SMARTS) is 2. The van der Waals surface area contributed by atoms with Gasteiger partial charge < -0.3 is 25.6 Å². The summed E-state index contributed by atoms with van der Waals surface area (Å²) in [7, 11) is 0. The smallest absolute Gasteiger partial charge is 0.480 e. The molecule has 0 fully saturated rings. The van der Waals surface area contributed by atoms with Gasteiger partial charge in [0.1, 0.15) is 6.04 Å². The van der Waals surface area contributed by atoms with E-state index in [1.54, 1.807) is 6.07 Å². The number of nitrogens with zero attached hydrogens (tertiary/aromatic N) is 1. The van der Waals surface area contributed by atoms with Gasteiger partial charge >= 0.3 is 12.1 Å². The van der Waals surface area contributed by atoms with Crippen molar-refractivity contribution >= 4 is 29.4 Å². The van der Waals surface area contributed by atoms with Crippen LogP contribution in [0.2, 0.25) is 0 Å². The molecule has 1 aliphatic heterocycles. The monoisotopic (exact) mass is 489 g/mol. The van der Waals surface area contributed by atoms with E-state index in [-0.39, 0.29) is 5.91 Å². The molecule has 0 saturated carbocycles. The van der Waals surface area contributed by atoms with Crippen molar-refractivity contribution in [3.05, 3.63) is 57.8 Å². The van der Waals surface area contributed by atoms with Crippen LogP contribution in [0.15, 0.2) is 41.8 Å². The lowest BCUT2D eigenvalue weighted by Gasteiger charge is -2.37. The second-order valence-corrected chi connectivity index (χ2v) is 9.24. The minimum atomic E-state index is -1.47. The van der Waals surface area contributed by atoms with Crippen LogP contribution in [-0.4, -0.2) is 58.3 Å². The highest BCUT2D eigenvalue weighted by Crippen LogP contribution is 2.35. The summed E-state index contributed by atoms with van der Waals surface area (Å²) in [4.78, 5) is 39.4. The van der Waals surface area contributed by atoms with Crippen molar-refractivity contribution in [2.45, 2.75) is 56.8 Å². The lowest BCUT2D eigenvalue weighted by Crippen LogP contribution is -2.54. The number of unbranched alkanes of at least 4 members (excludes halogenated alkanes) is 1. The fourth-order valence-electron chi connectivity index (χ4n) is 4.18. The van der Waals surface area contributed by atoms with Gasteiger partial charge in [-0.2, -0.15) is 0 Å². The molecule has 0 saturated heterocycles. The highest BCUT2D eigenvalue weighted by atomic mass is 32.1. The molecule has 0 aliphatic carbocycles. The van der Waals surface area contributed by atoms with Crippen molar-refractivity contribution in [1.29, 1.82) is 0 Å². The molecule has 1 aliphatic rings. The van der Waals surface area contributed by atoms with Gasteiger partial charge in [0, 0.05) is 23.4 Å². The van der Waals surface area contributed by atoms with E-state index in [2.05, 4.69) is 5.32 Å². The Hall–Kier alpha value is -2.95. The van der Waals surface area contributed by atoms with E-state index in [9.17, 15) is 24.6 Å². The number of carbonyl (C=O) groups excluding carboxylic acids is 1. The Kier molecular flexibility index (Phi) is 9.43. The largest absolute Gasteiger partial charge is 0.507 e. The second-order valence-electron chi connectivity index (χ2n) is 8.24. The summed E-state index contributed by atoms with van der Waals surface area (Å²) in [5.41, 5.74) is 7.29. The number of thiophene rings is 1. The Morgan fingerprint density at radius 1 is 1.12 bits per heavy atom. The molecule has 1 amide bonds. The van der Waals surface area contributed by atoms with Gasteiger partial charge in [0.15, 0.2) is 0 Å². The molecular formula is C24H31N3O6S. The van der Waals surface area contributed by atoms with Gasteiger partial charge in [-0.05, 0) is 49.2 Å². The van der Waals surface area contributed by atoms with E-state index in [1.807, 2.05) is 35.7 Å². The van der Waals surface area contributed by atoms with Gasteiger partial charge in [-0.15, -0.1) is 11.3 Å². The molecule has 0 spiro atoms. The number of benzene rings is 1. The van der Waals surface area contributed by atoms with E-state index in [1.165, 1.54) is 16.2 Å². The Labute approximate surface area is 202 Å². The van der Waals surface area contributed by atoms with Crippen molar-refractivity contribution in [2.75, 3.05) is 13.1 Å². The van der Waals surface area contributed by atoms with Crippen LogP contribution in [0.1, 0.15) is 47.9 Å². The van der Waals surface area contributed by atoms with Gasteiger partial charge in [-0.3, -0.25) is 14.9 Å². The minimum Gasteiger partial charge on any atom is -0.480 e. The molecule has 184 valence electrons. The summed E-state index contributed by atoms with van der Waals surface area (Å²) in [6.07, 6.45) is 0.629. The summed E-state index contributed by atoms with van der Waals surface area (Å²) in [6, 6.07) is 9.59. The van der Waals surface area contributed by atoms with Crippen LogP contribution >= 0.6 is 11.3 Å². The third-order valence-electron chi connectivity index (χ3n) is 5.91. The van der Waals surface area contributed by atoms with E-state index in [0.717, 1.165) is 10.4 Å². The van der Waals surface area contributed by atoms with Crippen LogP contribution in [0.5, 0.6) is 0 Å². The summed E-state index contributed by atoms with van der Waals surface area (Å²) in [5, 5.41) is 24.0. The third-order valence-corrected chi connectivity index (χ3v) is 6.91. The van der Waals surface area contributed by atoms with Gasteiger partial charge in [-0.25, -0.2) is 4.79 Å². The molecule has 1 aromatic heterocycles. The first-order chi connectivity index (χ1) is 16.4. The van der Waals surface area contributed by atoms with Gasteiger partial charge in [0.05, 0.1) is 6.04 Å². The molecular weight excluding hydrogens is 458 g/mol. The number of aliphatic carboxylic acids is 1. The standard InChI is InChI=1S/C24H31N3O6S/c25-13-5-4-8-18(26-19(23(29)30)10-9-16-6-2-1-3-7-16)21(28)27-14-11-20-17(12-15-34-20)22(27)33-24(31)32/h1-3,6-7,12,15,18-19,22,26H,4-5,8-11,13-14,25H2,(H,29,30)(H,31,32)/t18-,19-,22-/m0/s1. The van der Waals surface area contributed by atoms with Crippen molar-refractivity contribution in [1.82, 2.24) is 10.2 Å². The Bertz CT molecular complexity index is 967. The fraction of sp³-hybridized carbons (Fsp3) is 0.458. The number of carboxylic acids is 1. The fourth-order valence-corrected chi connectivity index (χ4v) is 5.07. The molecule has 10 heteroatoms. The molecule has 2 heterocycles. The van der Waals surface area contributed by atoms with Crippen molar-refractivity contribution in [2.24, 2.45) is 5.73 Å². The molecule has 0 bridgehead atoms. The number of rotatable bonds is 12. The average molecular weight is 490 g/mol. The number of aryl methyl sites for hydroxylation is 1. The number of ether oxygens (including phenoxy) is 1. The van der Waals surface area contributed by atoms with Crippen molar-refractivity contribution < 1.29 is 29.3 Å². The van der Waals surface area contributed by atoms with Crippen LogP contribution in [-0.2, 0) is 27.2 Å². The number of hydrogen-bond donors (Lipinski definition) is 4. The zero-order chi connectivity index (χ0) is 24.5. The SMILES string of the molecule is NCCCC[C@H](N[C@@H](CCc1ccccc1)C(=O)O)C(=O)N1CCc2sccc2[C@@H]1OC(=O)O. The Morgan fingerprint density at radius 3 is 2.56 bits per heavy atom. The highest BCUT2D eigenvalue weighted by molar-refractivity contribution is 7.10. The van der Waals surface area contributed by atoms with Gasteiger partial charge in [0.2, 0.25) is 12.1 Å². The molecule has 34 heavy (non-hydrogen) atoms. The number of nitrogens with two attached hydrogens (primary N) is 1. The summed E-state index contributed by atoms with van der Waals surface area (Å²) >= 11 is 1.50. The molecule has 3 atom stereocenters. The molecule has 3 rings (SSSR count). The first-order valence-corrected chi connectivity index (χ1v) is 12.3. The van der Waals surface area contributed by atoms with Crippen LogP contribution < -0.4 is 11.1 Å². The van der Waals surface area contributed by atoms with E-state index in [0.29, 0.717) is 57.2 Å². The molecule has 9 nitrogen and oxygen atoms in total. The minimum absolute atomic E-state index is 0.293. The maximum atomic E-state index is 13.6. The number of carbonyl (C=O) groups is 3. The number of hydrogen-bond acceptors (Lipinski definition) is 7. The molecule has 0 radical (unpaired) electrons.